The molecule has 0 radical (unpaired) electrons. The van der Waals surface area contributed by atoms with E-state index >= 15 is 0 Å². The molecule has 1 aliphatic rings. The summed E-state index contributed by atoms with van der Waals surface area (Å²) in [5.41, 5.74) is 1.66. The molecule has 35 heavy (non-hydrogen) atoms. The van der Waals surface area contributed by atoms with Crippen molar-refractivity contribution in [1.29, 1.82) is 0 Å². The summed E-state index contributed by atoms with van der Waals surface area (Å²) in [6.45, 7) is 0. The van der Waals surface area contributed by atoms with Crippen molar-refractivity contribution >= 4 is 46.4 Å². The molecule has 0 spiro atoms. The Bertz CT molecular complexity index is 1330. The second-order valence-electron chi connectivity index (χ2n) is 7.75. The first-order chi connectivity index (χ1) is 17.1. The molecule has 178 valence electrons. The number of aromatic nitrogens is 1. The molecule has 5 rings (SSSR count). The molecule has 2 atom stereocenters. The summed E-state index contributed by atoms with van der Waals surface area (Å²) in [6.07, 6.45) is 1.78. The van der Waals surface area contributed by atoms with Gasteiger partial charge in [-0.2, -0.15) is 0 Å². The van der Waals surface area contributed by atoms with Crippen LogP contribution in [-0.2, 0) is 0 Å². The maximum Gasteiger partial charge on any atom is 0.174 e. The van der Waals surface area contributed by atoms with Crippen LogP contribution in [0.2, 0.25) is 5.02 Å². The maximum atomic E-state index is 6.37. The summed E-state index contributed by atoms with van der Waals surface area (Å²) in [7, 11) is 3.25. The van der Waals surface area contributed by atoms with Gasteiger partial charge in [-0.15, -0.1) is 0 Å². The third-order valence-electron chi connectivity index (χ3n) is 5.67. The van der Waals surface area contributed by atoms with Gasteiger partial charge in [0.25, 0.3) is 0 Å². The Balaban J connectivity index is 1.55. The first-order valence-corrected chi connectivity index (χ1v) is 12.4. The van der Waals surface area contributed by atoms with Gasteiger partial charge in [0.1, 0.15) is 23.3 Å². The van der Waals surface area contributed by atoms with Gasteiger partial charge in [0.15, 0.2) is 10.2 Å². The predicted molar refractivity (Wildman–Crippen MR) is 142 cm³/mol. The number of hydrogen-bond acceptors (Lipinski definition) is 6. The molecule has 6 nitrogen and oxygen atoms in total. The van der Waals surface area contributed by atoms with Gasteiger partial charge in [-0.05, 0) is 72.9 Å². The Morgan fingerprint density at radius 3 is 2.57 bits per heavy atom. The van der Waals surface area contributed by atoms with E-state index in [0.29, 0.717) is 21.6 Å². The van der Waals surface area contributed by atoms with E-state index < -0.39 is 0 Å². The highest BCUT2D eigenvalue weighted by Gasteiger charge is 2.43. The van der Waals surface area contributed by atoms with Crippen molar-refractivity contribution in [3.05, 3.63) is 95.5 Å². The van der Waals surface area contributed by atoms with E-state index in [1.807, 2.05) is 77.7 Å². The van der Waals surface area contributed by atoms with Crippen LogP contribution in [0.25, 0.3) is 0 Å². The molecular weight excluding hydrogens is 502 g/mol. The van der Waals surface area contributed by atoms with Crippen LogP contribution in [0.4, 0.5) is 5.69 Å². The quantitative estimate of drug-likeness (QED) is 0.269. The highest BCUT2D eigenvalue weighted by atomic mass is 35.5. The van der Waals surface area contributed by atoms with E-state index in [1.54, 1.807) is 20.4 Å². The van der Waals surface area contributed by atoms with Gasteiger partial charge >= 0.3 is 0 Å². The summed E-state index contributed by atoms with van der Waals surface area (Å²) in [6, 6.07) is 22.6. The van der Waals surface area contributed by atoms with Crippen LogP contribution < -0.4 is 19.7 Å². The third-order valence-corrected chi connectivity index (χ3v) is 7.17. The SMILES string of the molecule is COc1ccc(N2C(=S)N[C@H](c3ccccn3)[C@H]2c2ccc(Sc3ccc(Cl)cc3)o2)c(OC)c1. The minimum Gasteiger partial charge on any atom is -0.497 e. The van der Waals surface area contributed by atoms with E-state index in [-0.39, 0.29) is 12.1 Å². The summed E-state index contributed by atoms with van der Waals surface area (Å²) in [4.78, 5) is 7.64. The fourth-order valence-electron chi connectivity index (χ4n) is 4.05. The zero-order chi connectivity index (χ0) is 24.4. The Morgan fingerprint density at radius 1 is 1.03 bits per heavy atom. The van der Waals surface area contributed by atoms with Gasteiger partial charge in [0.05, 0.1) is 31.6 Å². The average Bonchev–Trinajstić information content (AvgIpc) is 3.49. The van der Waals surface area contributed by atoms with Crippen LogP contribution in [0.1, 0.15) is 23.5 Å². The Hall–Kier alpha value is -3.20. The minimum atomic E-state index is -0.292. The van der Waals surface area contributed by atoms with Gasteiger partial charge in [-0.3, -0.25) is 4.98 Å². The first-order valence-electron chi connectivity index (χ1n) is 10.8. The highest BCUT2D eigenvalue weighted by Crippen LogP contribution is 2.46. The van der Waals surface area contributed by atoms with Gasteiger partial charge in [0.2, 0.25) is 0 Å². The number of ether oxygens (including phenoxy) is 2. The zero-order valence-electron chi connectivity index (χ0n) is 19.0. The molecule has 9 heteroatoms. The van der Waals surface area contributed by atoms with Crippen molar-refractivity contribution in [3.63, 3.8) is 0 Å². The normalized spacial score (nSPS) is 17.3. The minimum absolute atomic E-state index is 0.227. The van der Waals surface area contributed by atoms with Gasteiger partial charge in [-0.1, -0.05) is 29.4 Å². The number of methoxy groups -OCH3 is 2. The molecule has 1 N–H and O–H groups in total. The van der Waals surface area contributed by atoms with E-state index in [9.17, 15) is 0 Å². The second kappa shape index (κ2) is 10.2. The molecular formula is C26H22ClN3O3S2. The van der Waals surface area contributed by atoms with E-state index in [1.165, 1.54) is 11.8 Å². The van der Waals surface area contributed by atoms with Crippen LogP contribution in [0.3, 0.4) is 0 Å². The van der Waals surface area contributed by atoms with E-state index in [2.05, 4.69) is 10.3 Å². The van der Waals surface area contributed by atoms with Crippen molar-refractivity contribution < 1.29 is 13.9 Å². The van der Waals surface area contributed by atoms with Crippen LogP contribution in [0, 0.1) is 0 Å². The largest absolute Gasteiger partial charge is 0.497 e. The van der Waals surface area contributed by atoms with Crippen molar-refractivity contribution in [2.45, 2.75) is 22.1 Å². The Kier molecular flexibility index (Phi) is 6.86. The molecule has 0 bridgehead atoms. The van der Waals surface area contributed by atoms with Gasteiger partial charge < -0.3 is 24.1 Å². The Morgan fingerprint density at radius 2 is 1.86 bits per heavy atom. The second-order valence-corrected chi connectivity index (χ2v) is 9.65. The van der Waals surface area contributed by atoms with Crippen LogP contribution in [0.15, 0.2) is 93.4 Å². The standard InChI is InChI=1S/C26H22ClN3O3S2/c1-31-17-8-11-20(22(15-17)32-2)30-25(24(29-26(30)34)19-5-3-4-14-28-19)21-12-13-23(33-21)35-18-9-6-16(27)7-10-18/h3-15,24-25H,1-2H3,(H,29,34)/t24-,25-/m1/s1. The fourth-order valence-corrected chi connectivity index (χ4v) is 5.30. The maximum absolute atomic E-state index is 6.37. The number of furan rings is 1. The lowest BCUT2D eigenvalue weighted by Gasteiger charge is -2.27. The number of rotatable bonds is 7. The first kappa shape index (κ1) is 23.5. The lowest BCUT2D eigenvalue weighted by atomic mass is 10.0. The molecule has 0 unspecified atom stereocenters. The van der Waals surface area contributed by atoms with Gasteiger partial charge in [0, 0.05) is 22.2 Å². The van der Waals surface area contributed by atoms with Gasteiger partial charge in [-0.25, -0.2) is 0 Å². The monoisotopic (exact) mass is 523 g/mol. The molecule has 0 amide bonds. The van der Waals surface area contributed by atoms with Crippen molar-refractivity contribution in [2.75, 3.05) is 19.1 Å². The number of hydrogen-bond donors (Lipinski definition) is 1. The number of halogens is 1. The molecule has 1 fully saturated rings. The smallest absolute Gasteiger partial charge is 0.174 e. The molecule has 2 aromatic carbocycles. The Labute approximate surface area is 218 Å². The molecule has 4 aromatic rings. The van der Waals surface area contributed by atoms with Crippen LogP contribution in [-0.4, -0.2) is 24.3 Å². The molecule has 0 saturated carbocycles. The highest BCUT2D eigenvalue weighted by molar-refractivity contribution is 7.99. The number of benzene rings is 2. The van der Waals surface area contributed by atoms with E-state index in [4.69, 9.17) is 37.7 Å². The lowest BCUT2D eigenvalue weighted by Crippen LogP contribution is -2.29. The topological polar surface area (TPSA) is 59.8 Å². The van der Waals surface area contributed by atoms with Crippen LogP contribution >= 0.6 is 35.6 Å². The fraction of sp³-hybridized carbons (Fsp3) is 0.154. The third kappa shape index (κ3) is 4.82. The number of nitrogens with one attached hydrogen (secondary N) is 1. The predicted octanol–water partition coefficient (Wildman–Crippen LogP) is 6.67. The number of nitrogens with zero attached hydrogens (tertiary/aromatic N) is 2. The molecule has 0 aliphatic carbocycles. The van der Waals surface area contributed by atoms with E-state index in [0.717, 1.165) is 27.1 Å². The lowest BCUT2D eigenvalue weighted by molar-refractivity contribution is 0.378. The average molecular weight is 524 g/mol. The number of thiocarbonyl (C=S) groups is 1. The summed E-state index contributed by atoms with van der Waals surface area (Å²) in [5.74, 6) is 2.09. The molecule has 3 heterocycles. The van der Waals surface area contributed by atoms with Crippen molar-refractivity contribution in [1.82, 2.24) is 10.3 Å². The van der Waals surface area contributed by atoms with Crippen molar-refractivity contribution in [2.24, 2.45) is 0 Å². The molecule has 2 aromatic heterocycles. The molecule has 1 aliphatic heterocycles. The van der Waals surface area contributed by atoms with Crippen LogP contribution in [0.5, 0.6) is 11.5 Å². The summed E-state index contributed by atoms with van der Waals surface area (Å²) in [5, 5.41) is 5.45. The van der Waals surface area contributed by atoms with Crippen molar-refractivity contribution in [3.8, 4) is 11.5 Å². The molecule has 1 saturated heterocycles. The number of pyridine rings is 1. The summed E-state index contributed by atoms with van der Waals surface area (Å²) >= 11 is 13.4. The zero-order valence-corrected chi connectivity index (χ0v) is 21.4. The summed E-state index contributed by atoms with van der Waals surface area (Å²) < 4.78 is 17.4. The number of anilines is 1.